The SMILES string of the molecule is COc1cc(C(=O)NC2CCN(C)CC2)cc(OC)c1-c1ccc(CC(NC(=O)C2CCC(CN)CC2)C(=O)Nc2ccc(-c3nn[nH]n3)cc2)cc1. The summed E-state index contributed by atoms with van der Waals surface area (Å²) in [5.74, 6) is 1.10. The second-order valence-corrected chi connectivity index (χ2v) is 14.0. The molecule has 0 spiro atoms. The van der Waals surface area contributed by atoms with E-state index in [1.165, 1.54) is 0 Å². The summed E-state index contributed by atoms with van der Waals surface area (Å²) in [5, 5.41) is 23.2. The maximum Gasteiger partial charge on any atom is 0.251 e. The molecule has 1 saturated heterocycles. The van der Waals surface area contributed by atoms with Crippen LogP contribution in [0.15, 0.2) is 60.7 Å². The number of methoxy groups -OCH3 is 2. The fraction of sp³-hybridized carbons (Fsp3) is 0.436. The first-order valence-electron chi connectivity index (χ1n) is 18.2. The van der Waals surface area contributed by atoms with Crippen molar-refractivity contribution in [3.8, 4) is 34.0 Å². The third-order valence-electron chi connectivity index (χ3n) is 10.4. The van der Waals surface area contributed by atoms with Crippen molar-refractivity contribution >= 4 is 23.4 Å². The topological polar surface area (TPSA) is 189 Å². The summed E-state index contributed by atoms with van der Waals surface area (Å²) in [7, 11) is 5.22. The number of rotatable bonds is 13. The summed E-state index contributed by atoms with van der Waals surface area (Å²) in [4.78, 5) is 42.8. The smallest absolute Gasteiger partial charge is 0.251 e. The molecule has 6 N–H and O–H groups in total. The molecule has 1 aromatic heterocycles. The van der Waals surface area contributed by atoms with Crippen molar-refractivity contribution in [1.29, 1.82) is 0 Å². The summed E-state index contributed by atoms with van der Waals surface area (Å²) >= 11 is 0. The van der Waals surface area contributed by atoms with E-state index in [1.807, 2.05) is 24.3 Å². The summed E-state index contributed by atoms with van der Waals surface area (Å²) < 4.78 is 11.6. The van der Waals surface area contributed by atoms with Crippen LogP contribution < -0.4 is 31.2 Å². The van der Waals surface area contributed by atoms with Gasteiger partial charge in [-0.1, -0.05) is 24.3 Å². The number of amides is 3. The zero-order valence-corrected chi connectivity index (χ0v) is 30.6. The molecule has 3 amide bonds. The van der Waals surface area contributed by atoms with Crippen LogP contribution >= 0.6 is 0 Å². The van der Waals surface area contributed by atoms with Gasteiger partial charge in [-0.15, -0.1) is 10.2 Å². The first kappa shape index (κ1) is 37.4. The van der Waals surface area contributed by atoms with Gasteiger partial charge in [-0.05, 0) is 124 Å². The van der Waals surface area contributed by atoms with Crippen molar-refractivity contribution in [2.45, 2.75) is 57.0 Å². The lowest BCUT2D eigenvalue weighted by molar-refractivity contribution is -0.130. The highest BCUT2D eigenvalue weighted by Crippen LogP contribution is 2.40. The van der Waals surface area contributed by atoms with Crippen molar-refractivity contribution in [3.63, 3.8) is 0 Å². The van der Waals surface area contributed by atoms with Crippen molar-refractivity contribution in [1.82, 2.24) is 36.2 Å². The fourth-order valence-corrected chi connectivity index (χ4v) is 7.17. The molecule has 2 fully saturated rings. The third kappa shape index (κ3) is 9.37. The van der Waals surface area contributed by atoms with Crippen LogP contribution in [0.5, 0.6) is 11.5 Å². The first-order valence-corrected chi connectivity index (χ1v) is 18.2. The molecule has 1 saturated carbocycles. The molecular formula is C39H49N9O5. The summed E-state index contributed by atoms with van der Waals surface area (Å²) in [6.07, 6.45) is 5.36. The van der Waals surface area contributed by atoms with Crippen LogP contribution in [-0.4, -0.2) is 96.2 Å². The van der Waals surface area contributed by atoms with E-state index in [4.69, 9.17) is 15.2 Å². The highest BCUT2D eigenvalue weighted by atomic mass is 16.5. The Morgan fingerprint density at radius 3 is 2.13 bits per heavy atom. The number of piperidine rings is 1. The van der Waals surface area contributed by atoms with Gasteiger partial charge in [0.2, 0.25) is 17.6 Å². The molecule has 4 aromatic rings. The number of anilines is 1. The molecule has 0 radical (unpaired) electrons. The Balaban J connectivity index is 1.18. The van der Waals surface area contributed by atoms with Crippen LogP contribution in [0.3, 0.4) is 0 Å². The van der Waals surface area contributed by atoms with Crippen molar-refractivity contribution in [2.75, 3.05) is 46.2 Å². The van der Waals surface area contributed by atoms with Gasteiger partial charge in [0.15, 0.2) is 0 Å². The monoisotopic (exact) mass is 723 g/mol. The van der Waals surface area contributed by atoms with Gasteiger partial charge < -0.3 is 36.1 Å². The highest BCUT2D eigenvalue weighted by molar-refractivity contribution is 5.98. The minimum Gasteiger partial charge on any atom is -0.496 e. The number of carbonyl (C=O) groups is 3. The third-order valence-corrected chi connectivity index (χ3v) is 10.4. The Morgan fingerprint density at radius 2 is 1.55 bits per heavy atom. The number of hydrogen-bond donors (Lipinski definition) is 5. The van der Waals surface area contributed by atoms with E-state index >= 15 is 0 Å². The van der Waals surface area contributed by atoms with Crippen molar-refractivity contribution in [3.05, 3.63) is 71.8 Å². The molecule has 1 aliphatic heterocycles. The molecule has 2 aliphatic rings. The Kier molecular flexibility index (Phi) is 12.3. The number of ether oxygens (including phenoxy) is 2. The summed E-state index contributed by atoms with van der Waals surface area (Å²) in [5.41, 5.74) is 10.0. The maximum absolute atomic E-state index is 13.8. The quantitative estimate of drug-likeness (QED) is 0.136. The average molecular weight is 724 g/mol. The van der Waals surface area contributed by atoms with Crippen LogP contribution in [0.4, 0.5) is 5.69 Å². The molecule has 2 heterocycles. The normalized spacial score (nSPS) is 18.5. The average Bonchev–Trinajstić information content (AvgIpc) is 3.74. The standard InChI is InChI=1S/C39H49N9O5/c1-48-18-16-31(17-19-48)41-38(50)29-21-33(52-2)35(34(22-29)53-3)26-8-4-24(5-9-26)20-32(43-37(49)28-10-6-25(23-40)7-11-28)39(51)42-30-14-12-27(13-15-30)36-44-46-47-45-36/h4-5,8-9,12-15,21-22,25,28,31-32H,6-7,10-11,16-20,23,40H2,1-3H3,(H,41,50)(H,42,51)(H,43,49)(H,44,45,46,47). The van der Waals surface area contributed by atoms with Gasteiger partial charge in [-0.3, -0.25) is 14.4 Å². The predicted molar refractivity (Wildman–Crippen MR) is 201 cm³/mol. The van der Waals surface area contributed by atoms with Gasteiger partial charge in [0, 0.05) is 35.2 Å². The Hall–Kier alpha value is -5.34. The maximum atomic E-state index is 13.8. The van der Waals surface area contributed by atoms with Gasteiger partial charge in [-0.2, -0.15) is 5.21 Å². The molecular weight excluding hydrogens is 674 g/mol. The van der Waals surface area contributed by atoms with E-state index in [9.17, 15) is 14.4 Å². The van der Waals surface area contributed by atoms with Crippen LogP contribution in [0.1, 0.15) is 54.4 Å². The molecule has 0 bridgehead atoms. The van der Waals surface area contributed by atoms with E-state index in [-0.39, 0.29) is 36.1 Å². The van der Waals surface area contributed by atoms with E-state index < -0.39 is 6.04 Å². The van der Waals surface area contributed by atoms with Crippen molar-refractivity contribution < 1.29 is 23.9 Å². The van der Waals surface area contributed by atoms with Gasteiger partial charge in [0.05, 0.1) is 19.8 Å². The lowest BCUT2D eigenvalue weighted by atomic mass is 9.81. The number of nitrogens with one attached hydrogen (secondary N) is 4. The van der Waals surface area contributed by atoms with Gasteiger partial charge in [0.1, 0.15) is 17.5 Å². The Bertz CT molecular complexity index is 1810. The fourth-order valence-electron chi connectivity index (χ4n) is 7.17. The second-order valence-electron chi connectivity index (χ2n) is 14.0. The van der Waals surface area contributed by atoms with Gasteiger partial charge in [0.25, 0.3) is 5.91 Å². The number of nitrogens with zero attached hydrogens (tertiary/aromatic N) is 4. The van der Waals surface area contributed by atoms with Crippen molar-refractivity contribution in [2.24, 2.45) is 17.6 Å². The molecule has 1 aliphatic carbocycles. The summed E-state index contributed by atoms with van der Waals surface area (Å²) in [6, 6.07) is 17.6. The van der Waals surface area contributed by atoms with Crippen LogP contribution in [0.25, 0.3) is 22.5 Å². The first-order chi connectivity index (χ1) is 25.7. The Labute approximate surface area is 309 Å². The van der Waals surface area contributed by atoms with E-state index in [0.29, 0.717) is 46.6 Å². The van der Waals surface area contributed by atoms with Crippen LogP contribution in [0, 0.1) is 11.8 Å². The summed E-state index contributed by atoms with van der Waals surface area (Å²) in [6.45, 7) is 2.51. The molecule has 14 heteroatoms. The van der Waals surface area contributed by atoms with Crippen LogP contribution in [0.2, 0.25) is 0 Å². The number of benzene rings is 3. The van der Waals surface area contributed by atoms with Crippen LogP contribution in [-0.2, 0) is 16.0 Å². The minimum atomic E-state index is -0.830. The number of aromatic amines is 1. The lowest BCUT2D eigenvalue weighted by Gasteiger charge is -2.29. The Morgan fingerprint density at radius 1 is 0.906 bits per heavy atom. The molecule has 1 unspecified atom stereocenters. The van der Waals surface area contributed by atoms with Gasteiger partial charge >= 0.3 is 0 Å². The molecule has 6 rings (SSSR count). The molecule has 1 atom stereocenters. The van der Waals surface area contributed by atoms with E-state index in [0.717, 1.165) is 68.3 Å². The zero-order valence-electron chi connectivity index (χ0n) is 30.6. The number of aromatic nitrogens is 4. The molecule has 53 heavy (non-hydrogen) atoms. The largest absolute Gasteiger partial charge is 0.496 e. The highest BCUT2D eigenvalue weighted by Gasteiger charge is 2.30. The number of nitrogens with two attached hydrogens (primary N) is 1. The predicted octanol–water partition coefficient (Wildman–Crippen LogP) is 3.81. The second kappa shape index (κ2) is 17.5. The number of carbonyl (C=O) groups excluding carboxylic acids is 3. The van der Waals surface area contributed by atoms with Gasteiger partial charge in [-0.25, -0.2) is 0 Å². The zero-order chi connectivity index (χ0) is 37.3. The lowest BCUT2D eigenvalue weighted by Crippen LogP contribution is -2.48. The number of tetrazole rings is 1. The van der Waals surface area contributed by atoms with E-state index in [1.54, 1.807) is 50.6 Å². The molecule has 14 nitrogen and oxygen atoms in total. The minimum absolute atomic E-state index is 0.119. The number of likely N-dealkylation sites (tertiary alicyclic amines) is 1. The molecule has 280 valence electrons. The number of hydrogen-bond acceptors (Lipinski definition) is 10. The molecule has 3 aromatic carbocycles. The number of H-pyrrole nitrogens is 1. The van der Waals surface area contributed by atoms with E-state index in [2.05, 4.69) is 48.5 Å².